The van der Waals surface area contributed by atoms with Crippen LogP contribution in [0.15, 0.2) is 23.1 Å². The van der Waals surface area contributed by atoms with Crippen molar-refractivity contribution in [2.45, 2.75) is 30.2 Å². The molecule has 3 N–H and O–H groups in total. The normalized spacial score (nSPS) is 20.9. The minimum absolute atomic E-state index is 0.266. The third-order valence-corrected chi connectivity index (χ3v) is 4.08. The number of hydrogen-bond donors (Lipinski definition) is 2. The highest BCUT2D eigenvalue weighted by Gasteiger charge is 2.13. The van der Waals surface area contributed by atoms with E-state index in [1.54, 1.807) is 17.8 Å². The zero-order valence-corrected chi connectivity index (χ0v) is 10.0. The van der Waals surface area contributed by atoms with Gasteiger partial charge in [0.05, 0.1) is 0 Å². The standard InChI is InChI=1S/C12H17FN2S/c13-9-4-5-12(11(14)7-9)16-8-10-3-1-2-6-15-10/h4-5,7,10,15H,1-3,6,8,14H2. The number of thioether (sulfide) groups is 1. The molecule has 0 aliphatic carbocycles. The van der Waals surface area contributed by atoms with Crippen molar-refractivity contribution >= 4 is 17.4 Å². The lowest BCUT2D eigenvalue weighted by molar-refractivity contribution is 0.430. The molecule has 1 atom stereocenters. The summed E-state index contributed by atoms with van der Waals surface area (Å²) in [5.41, 5.74) is 6.30. The van der Waals surface area contributed by atoms with Crippen LogP contribution in [0.3, 0.4) is 0 Å². The highest BCUT2D eigenvalue weighted by molar-refractivity contribution is 7.99. The van der Waals surface area contributed by atoms with Gasteiger partial charge in [-0.15, -0.1) is 11.8 Å². The summed E-state index contributed by atoms with van der Waals surface area (Å²) < 4.78 is 12.8. The first-order valence-corrected chi connectivity index (χ1v) is 6.65. The lowest BCUT2D eigenvalue weighted by Gasteiger charge is -2.23. The number of benzene rings is 1. The number of piperidine rings is 1. The molecule has 1 fully saturated rings. The van der Waals surface area contributed by atoms with Crippen LogP contribution in [0, 0.1) is 5.82 Å². The Labute approximate surface area is 99.8 Å². The van der Waals surface area contributed by atoms with Crippen LogP contribution in [0.5, 0.6) is 0 Å². The Bertz CT molecular complexity index is 351. The molecule has 0 aromatic heterocycles. The average molecular weight is 240 g/mol. The van der Waals surface area contributed by atoms with E-state index in [2.05, 4.69) is 5.32 Å². The van der Waals surface area contributed by atoms with Crippen molar-refractivity contribution in [1.82, 2.24) is 5.32 Å². The fraction of sp³-hybridized carbons (Fsp3) is 0.500. The molecule has 1 aromatic rings. The summed E-state index contributed by atoms with van der Waals surface area (Å²) in [4.78, 5) is 0.980. The number of nitrogens with two attached hydrogens (primary N) is 1. The number of halogens is 1. The summed E-state index contributed by atoms with van der Waals surface area (Å²) >= 11 is 1.71. The van der Waals surface area contributed by atoms with Crippen LogP contribution in [0.2, 0.25) is 0 Å². The summed E-state index contributed by atoms with van der Waals surface area (Å²) in [6, 6.07) is 5.19. The largest absolute Gasteiger partial charge is 0.398 e. The quantitative estimate of drug-likeness (QED) is 0.630. The second-order valence-corrected chi connectivity index (χ2v) is 5.20. The summed E-state index contributed by atoms with van der Waals surface area (Å²) in [7, 11) is 0. The van der Waals surface area contributed by atoms with Gasteiger partial charge < -0.3 is 11.1 Å². The molecule has 1 unspecified atom stereocenters. The van der Waals surface area contributed by atoms with Gasteiger partial charge in [0, 0.05) is 22.4 Å². The molecule has 1 saturated heterocycles. The highest BCUT2D eigenvalue weighted by Crippen LogP contribution is 2.27. The molecule has 1 heterocycles. The Morgan fingerprint density at radius 2 is 2.31 bits per heavy atom. The van der Waals surface area contributed by atoms with E-state index in [1.807, 2.05) is 0 Å². The second kappa shape index (κ2) is 5.55. The van der Waals surface area contributed by atoms with Crippen molar-refractivity contribution in [3.05, 3.63) is 24.0 Å². The van der Waals surface area contributed by atoms with Crippen LogP contribution < -0.4 is 11.1 Å². The van der Waals surface area contributed by atoms with Gasteiger partial charge in [-0.2, -0.15) is 0 Å². The minimum atomic E-state index is -0.266. The first kappa shape index (κ1) is 11.7. The van der Waals surface area contributed by atoms with Crippen LogP contribution in [0.25, 0.3) is 0 Å². The maximum atomic E-state index is 12.8. The molecule has 4 heteroatoms. The number of nitrogens with one attached hydrogen (secondary N) is 1. The molecule has 16 heavy (non-hydrogen) atoms. The molecule has 0 saturated carbocycles. The zero-order valence-electron chi connectivity index (χ0n) is 9.21. The van der Waals surface area contributed by atoms with Gasteiger partial charge in [0.1, 0.15) is 5.82 Å². The Morgan fingerprint density at radius 3 is 3.00 bits per heavy atom. The molecule has 2 nitrogen and oxygen atoms in total. The van der Waals surface area contributed by atoms with Crippen molar-refractivity contribution in [2.75, 3.05) is 18.0 Å². The van der Waals surface area contributed by atoms with E-state index >= 15 is 0 Å². The molecule has 88 valence electrons. The number of rotatable bonds is 3. The van der Waals surface area contributed by atoms with Gasteiger partial charge >= 0.3 is 0 Å². The fourth-order valence-corrected chi connectivity index (χ4v) is 2.96. The first-order chi connectivity index (χ1) is 7.75. The molecule has 2 rings (SSSR count). The number of anilines is 1. The molecule has 0 radical (unpaired) electrons. The summed E-state index contributed by atoms with van der Waals surface area (Å²) in [6.45, 7) is 1.12. The van der Waals surface area contributed by atoms with E-state index in [0.717, 1.165) is 17.2 Å². The van der Waals surface area contributed by atoms with Crippen molar-refractivity contribution < 1.29 is 4.39 Å². The van der Waals surface area contributed by atoms with Gasteiger partial charge in [-0.05, 0) is 37.6 Å². The summed E-state index contributed by atoms with van der Waals surface area (Å²) in [5, 5.41) is 3.48. The maximum Gasteiger partial charge on any atom is 0.125 e. The molecular formula is C12H17FN2S. The summed E-state index contributed by atoms with van der Waals surface area (Å²) in [6.07, 6.45) is 3.81. The van der Waals surface area contributed by atoms with Crippen LogP contribution in [-0.4, -0.2) is 18.3 Å². The van der Waals surface area contributed by atoms with Gasteiger partial charge in [0.15, 0.2) is 0 Å². The smallest absolute Gasteiger partial charge is 0.125 e. The summed E-state index contributed by atoms with van der Waals surface area (Å²) in [5.74, 6) is 0.744. The van der Waals surface area contributed by atoms with Crippen LogP contribution in [0.4, 0.5) is 10.1 Å². The number of hydrogen-bond acceptors (Lipinski definition) is 3. The van der Waals surface area contributed by atoms with E-state index in [-0.39, 0.29) is 5.82 Å². The highest BCUT2D eigenvalue weighted by atomic mass is 32.2. The molecule has 1 aliphatic heterocycles. The zero-order chi connectivity index (χ0) is 11.4. The van der Waals surface area contributed by atoms with E-state index in [4.69, 9.17) is 5.73 Å². The second-order valence-electron chi connectivity index (χ2n) is 4.14. The van der Waals surface area contributed by atoms with E-state index in [9.17, 15) is 4.39 Å². The van der Waals surface area contributed by atoms with Crippen molar-refractivity contribution in [1.29, 1.82) is 0 Å². The Kier molecular flexibility index (Phi) is 4.07. The lowest BCUT2D eigenvalue weighted by atomic mass is 10.1. The molecule has 0 amide bonds. The van der Waals surface area contributed by atoms with Crippen molar-refractivity contribution in [3.8, 4) is 0 Å². The fourth-order valence-electron chi connectivity index (χ4n) is 1.91. The van der Waals surface area contributed by atoms with E-state index in [1.165, 1.54) is 31.4 Å². The van der Waals surface area contributed by atoms with Gasteiger partial charge in [-0.1, -0.05) is 6.42 Å². The van der Waals surface area contributed by atoms with Crippen LogP contribution in [-0.2, 0) is 0 Å². The molecule has 1 aromatic carbocycles. The lowest BCUT2D eigenvalue weighted by Crippen LogP contribution is -2.35. The van der Waals surface area contributed by atoms with Gasteiger partial charge in [0.25, 0.3) is 0 Å². The van der Waals surface area contributed by atoms with Crippen molar-refractivity contribution in [2.24, 2.45) is 0 Å². The third kappa shape index (κ3) is 3.12. The predicted molar refractivity (Wildman–Crippen MR) is 67.2 cm³/mol. The Morgan fingerprint density at radius 1 is 1.44 bits per heavy atom. The predicted octanol–water partition coefficient (Wildman–Crippen LogP) is 2.64. The SMILES string of the molecule is Nc1cc(F)ccc1SCC1CCCCN1. The van der Waals surface area contributed by atoms with Gasteiger partial charge in [-0.25, -0.2) is 4.39 Å². The maximum absolute atomic E-state index is 12.8. The van der Waals surface area contributed by atoms with E-state index in [0.29, 0.717) is 11.7 Å². The first-order valence-electron chi connectivity index (χ1n) is 5.67. The molecule has 1 aliphatic rings. The van der Waals surface area contributed by atoms with Gasteiger partial charge in [0.2, 0.25) is 0 Å². The number of nitrogen functional groups attached to an aromatic ring is 1. The monoisotopic (exact) mass is 240 g/mol. The van der Waals surface area contributed by atoms with Crippen LogP contribution in [0.1, 0.15) is 19.3 Å². The van der Waals surface area contributed by atoms with Gasteiger partial charge in [-0.3, -0.25) is 0 Å². The van der Waals surface area contributed by atoms with Crippen molar-refractivity contribution in [3.63, 3.8) is 0 Å². The Hall–Kier alpha value is -0.740. The Balaban J connectivity index is 1.88. The minimum Gasteiger partial charge on any atom is -0.398 e. The topological polar surface area (TPSA) is 38.0 Å². The van der Waals surface area contributed by atoms with E-state index < -0.39 is 0 Å². The molecule has 0 bridgehead atoms. The third-order valence-electron chi connectivity index (χ3n) is 2.82. The molecule has 0 spiro atoms. The van der Waals surface area contributed by atoms with Crippen LogP contribution >= 0.6 is 11.8 Å². The average Bonchev–Trinajstić information content (AvgIpc) is 2.29. The molecular weight excluding hydrogens is 223 g/mol.